The molecule has 8 nitrogen and oxygen atoms in total. The molecule has 0 aromatic heterocycles. The van der Waals surface area contributed by atoms with Gasteiger partial charge in [0, 0.05) is 6.54 Å². The highest BCUT2D eigenvalue weighted by atomic mass is 32.2. The number of nitrogens with one attached hydrogen (secondary N) is 4. The summed E-state index contributed by atoms with van der Waals surface area (Å²) in [7, 11) is -7.37. The number of hydrogen-bond acceptors (Lipinski definition) is 4. The van der Waals surface area contributed by atoms with Crippen molar-refractivity contribution in [3.05, 3.63) is 59.7 Å². The van der Waals surface area contributed by atoms with E-state index in [1.807, 2.05) is 13.8 Å². The van der Waals surface area contributed by atoms with Gasteiger partial charge in [0.1, 0.15) is 4.90 Å². The van der Waals surface area contributed by atoms with Crippen LogP contribution in [0.3, 0.4) is 0 Å². The molecule has 33 heavy (non-hydrogen) atoms. The number of aryl methyl sites for hydroxylation is 2. The minimum absolute atomic E-state index is 0.126. The maximum absolute atomic E-state index is 12.9. The molecule has 1 aliphatic heterocycles. The minimum Gasteiger partial charge on any atom is -0.325 e. The van der Waals surface area contributed by atoms with Crippen molar-refractivity contribution >= 4 is 25.9 Å². The first-order valence-corrected chi connectivity index (χ1v) is 14.2. The fourth-order valence-electron chi connectivity index (χ4n) is 3.75. The number of sulfonamides is 2. The van der Waals surface area contributed by atoms with Crippen LogP contribution in [-0.4, -0.2) is 55.4 Å². The van der Waals surface area contributed by atoms with E-state index in [-0.39, 0.29) is 22.9 Å². The molecule has 2 aromatic rings. The van der Waals surface area contributed by atoms with E-state index < -0.39 is 20.0 Å². The maximum Gasteiger partial charge on any atom is 0.328 e. The number of amidine groups is 1. The summed E-state index contributed by atoms with van der Waals surface area (Å²) in [5.74, 6) is 0.474. The fraction of sp³-hybridized carbons (Fsp3) is 0.435. The van der Waals surface area contributed by atoms with Crippen LogP contribution in [0.25, 0.3) is 0 Å². The van der Waals surface area contributed by atoms with Gasteiger partial charge in [0.05, 0.1) is 24.5 Å². The zero-order valence-corrected chi connectivity index (χ0v) is 20.9. The molecule has 0 radical (unpaired) electrons. The first-order valence-electron chi connectivity index (χ1n) is 11.2. The average Bonchev–Trinajstić information content (AvgIpc) is 2.78. The zero-order valence-electron chi connectivity index (χ0n) is 19.2. The average molecular weight is 495 g/mol. The van der Waals surface area contributed by atoms with Crippen molar-refractivity contribution < 1.29 is 26.7 Å². The number of likely N-dealkylation sites (tertiary alicyclic amines) is 1. The first-order chi connectivity index (χ1) is 15.7. The third kappa shape index (κ3) is 7.63. The van der Waals surface area contributed by atoms with Gasteiger partial charge in [-0.25, -0.2) is 13.1 Å². The Morgan fingerprint density at radius 2 is 1.33 bits per heavy atom. The Kier molecular flexibility index (Phi) is 8.63. The molecule has 1 aliphatic rings. The molecular formula is C23H34N4O4S2+2. The van der Waals surface area contributed by atoms with Gasteiger partial charge in [-0.3, -0.25) is 4.99 Å². The van der Waals surface area contributed by atoms with Gasteiger partial charge < -0.3 is 4.90 Å². The molecular weight excluding hydrogens is 460 g/mol. The van der Waals surface area contributed by atoms with Crippen LogP contribution in [0.5, 0.6) is 0 Å². The highest BCUT2D eigenvalue weighted by Crippen LogP contribution is 2.10. The SMILES string of the molecule is Cc1ccc(S(=O)(=O)NCC[NH+]=C(C[NH+]2CCCCC2)NS(=O)(=O)c2ccc(C)cc2)cc1. The molecule has 180 valence electrons. The topological polar surface area (TPSA) is 111 Å². The van der Waals surface area contributed by atoms with Gasteiger partial charge >= 0.3 is 15.9 Å². The quantitative estimate of drug-likeness (QED) is 0.206. The van der Waals surface area contributed by atoms with E-state index in [0.717, 1.165) is 37.1 Å². The van der Waals surface area contributed by atoms with Crippen LogP contribution in [0.15, 0.2) is 58.3 Å². The van der Waals surface area contributed by atoms with E-state index in [2.05, 4.69) is 14.4 Å². The lowest BCUT2D eigenvalue weighted by Crippen LogP contribution is -3.15. The highest BCUT2D eigenvalue weighted by molar-refractivity contribution is 7.90. The van der Waals surface area contributed by atoms with Gasteiger partial charge in [-0.1, -0.05) is 35.4 Å². The van der Waals surface area contributed by atoms with Crippen LogP contribution in [0.4, 0.5) is 0 Å². The van der Waals surface area contributed by atoms with Crippen molar-refractivity contribution in [3.63, 3.8) is 0 Å². The number of hydrogen-bond donors (Lipinski definition) is 4. The van der Waals surface area contributed by atoms with Crippen LogP contribution >= 0.6 is 0 Å². The van der Waals surface area contributed by atoms with E-state index in [1.165, 1.54) is 11.3 Å². The van der Waals surface area contributed by atoms with Crippen molar-refractivity contribution in [1.82, 2.24) is 9.44 Å². The largest absolute Gasteiger partial charge is 0.328 e. The second-order valence-corrected chi connectivity index (χ2v) is 12.0. The maximum atomic E-state index is 12.9. The Hall–Kier alpha value is -2.27. The lowest BCUT2D eigenvalue weighted by Gasteiger charge is -2.22. The number of benzene rings is 2. The molecule has 3 rings (SSSR count). The first kappa shape index (κ1) is 25.4. The van der Waals surface area contributed by atoms with Crippen LogP contribution < -0.4 is 19.3 Å². The van der Waals surface area contributed by atoms with Gasteiger partial charge in [0.25, 0.3) is 0 Å². The molecule has 1 fully saturated rings. The molecule has 1 heterocycles. The molecule has 0 unspecified atom stereocenters. The highest BCUT2D eigenvalue weighted by Gasteiger charge is 2.26. The molecule has 10 heteroatoms. The summed E-state index contributed by atoms with van der Waals surface area (Å²) in [4.78, 5) is 4.82. The second-order valence-electron chi connectivity index (χ2n) is 8.52. The third-order valence-corrected chi connectivity index (χ3v) is 8.55. The molecule has 0 aliphatic carbocycles. The lowest BCUT2D eigenvalue weighted by atomic mass is 10.1. The molecule has 1 saturated heterocycles. The van der Waals surface area contributed by atoms with Crippen LogP contribution in [0.1, 0.15) is 30.4 Å². The third-order valence-electron chi connectivity index (χ3n) is 5.66. The molecule has 4 N–H and O–H groups in total. The number of piperidine rings is 1. The molecule has 2 aromatic carbocycles. The van der Waals surface area contributed by atoms with E-state index in [1.54, 1.807) is 48.5 Å². The Labute approximate surface area is 197 Å². The predicted octanol–water partition coefficient (Wildman–Crippen LogP) is -0.892. The van der Waals surface area contributed by atoms with Crippen molar-refractivity contribution in [2.75, 3.05) is 32.7 Å². The number of rotatable bonds is 9. The Bertz CT molecular complexity index is 1150. The Morgan fingerprint density at radius 1 is 0.818 bits per heavy atom. The zero-order chi connectivity index (χ0) is 23.9. The van der Waals surface area contributed by atoms with Crippen LogP contribution in [0.2, 0.25) is 0 Å². The number of quaternary nitrogens is 1. The van der Waals surface area contributed by atoms with Crippen molar-refractivity contribution in [3.8, 4) is 0 Å². The summed E-state index contributed by atoms with van der Waals surface area (Å²) < 4.78 is 56.0. The second kappa shape index (κ2) is 11.2. The molecule has 0 amide bonds. The molecule has 0 atom stereocenters. The van der Waals surface area contributed by atoms with Gasteiger partial charge in [-0.2, -0.15) is 13.1 Å². The van der Waals surface area contributed by atoms with Gasteiger partial charge in [-0.15, -0.1) is 0 Å². The van der Waals surface area contributed by atoms with E-state index in [0.29, 0.717) is 12.4 Å². The van der Waals surface area contributed by atoms with Crippen molar-refractivity contribution in [1.29, 1.82) is 0 Å². The van der Waals surface area contributed by atoms with E-state index in [9.17, 15) is 16.8 Å². The van der Waals surface area contributed by atoms with Crippen LogP contribution in [-0.2, 0) is 20.0 Å². The molecule has 0 spiro atoms. The van der Waals surface area contributed by atoms with Gasteiger partial charge in [-0.05, 0) is 57.4 Å². The monoisotopic (exact) mass is 494 g/mol. The van der Waals surface area contributed by atoms with E-state index >= 15 is 0 Å². The standard InChI is InChI=1S/C23H32N4O4S2/c1-19-6-10-21(11-7-19)32(28,29)25-15-14-24-23(18-27-16-4-3-5-17-27)26-33(30,31)22-12-8-20(2)9-13-22/h6-13,25H,3-5,14-18H2,1-2H3,(H,24,26)/p+2. The van der Waals surface area contributed by atoms with Gasteiger partial charge in [0.15, 0.2) is 6.54 Å². The summed E-state index contributed by atoms with van der Waals surface area (Å²) >= 11 is 0. The normalized spacial score (nSPS) is 16.0. The summed E-state index contributed by atoms with van der Waals surface area (Å²) in [6.07, 6.45) is 3.43. The summed E-state index contributed by atoms with van der Waals surface area (Å²) in [5, 5.41) is 0. The smallest absolute Gasteiger partial charge is 0.325 e. The summed E-state index contributed by atoms with van der Waals surface area (Å²) in [6.45, 7) is 6.66. The predicted molar refractivity (Wildman–Crippen MR) is 128 cm³/mol. The summed E-state index contributed by atoms with van der Waals surface area (Å²) in [6, 6.07) is 13.3. The molecule has 0 bridgehead atoms. The van der Waals surface area contributed by atoms with Crippen molar-refractivity contribution in [2.45, 2.75) is 42.9 Å². The summed E-state index contributed by atoms with van der Waals surface area (Å²) in [5.41, 5.74) is 1.96. The molecule has 0 saturated carbocycles. The lowest BCUT2D eigenvalue weighted by molar-refractivity contribution is -0.897. The van der Waals surface area contributed by atoms with Crippen molar-refractivity contribution in [2.24, 2.45) is 0 Å². The van der Waals surface area contributed by atoms with E-state index in [4.69, 9.17) is 0 Å². The van der Waals surface area contributed by atoms with Gasteiger partial charge in [0.2, 0.25) is 10.0 Å². The fourth-order valence-corrected chi connectivity index (χ4v) is 5.86. The Balaban J connectivity index is 1.68. The minimum atomic E-state index is -3.74. The van der Waals surface area contributed by atoms with Crippen LogP contribution in [0, 0.1) is 13.8 Å². The Morgan fingerprint density at radius 3 is 1.88 bits per heavy atom.